The molecule has 0 atom stereocenters. The number of methoxy groups -OCH3 is 1. The minimum Gasteiger partial charge on any atom is -0.467 e. The summed E-state index contributed by atoms with van der Waals surface area (Å²) in [6.45, 7) is 5.52. The zero-order chi connectivity index (χ0) is 14.7. The lowest BCUT2D eigenvalue weighted by molar-refractivity contribution is 0.102. The van der Waals surface area contributed by atoms with Gasteiger partial charge in [-0.05, 0) is 32.4 Å². The second-order valence-electron chi connectivity index (χ2n) is 4.53. The Morgan fingerprint density at radius 1 is 1.10 bits per heavy atom. The summed E-state index contributed by atoms with van der Waals surface area (Å²) in [7, 11) is 1.51. The Morgan fingerprint density at radius 2 is 1.70 bits per heavy atom. The van der Waals surface area contributed by atoms with Crippen molar-refractivity contribution >= 4 is 11.6 Å². The van der Waals surface area contributed by atoms with Crippen LogP contribution in [0.2, 0.25) is 0 Å². The molecule has 1 aromatic heterocycles. The number of aryl methyl sites for hydroxylation is 3. The zero-order valence-electron chi connectivity index (χ0n) is 12.0. The summed E-state index contributed by atoms with van der Waals surface area (Å²) in [5.41, 5.74) is 3.54. The molecule has 0 fully saturated rings. The molecule has 1 N–H and O–H groups in total. The molecular formula is C15H17N3O2. The predicted molar refractivity (Wildman–Crippen MR) is 77.2 cm³/mol. The minimum atomic E-state index is -0.164. The van der Waals surface area contributed by atoms with E-state index in [-0.39, 0.29) is 5.91 Å². The fraction of sp³-hybridized carbons (Fsp3) is 0.267. The van der Waals surface area contributed by atoms with Gasteiger partial charge in [0.1, 0.15) is 0 Å². The summed E-state index contributed by atoms with van der Waals surface area (Å²) in [5.74, 6) is -0.164. The third-order valence-corrected chi connectivity index (χ3v) is 3.06. The van der Waals surface area contributed by atoms with Crippen LogP contribution in [0, 0.1) is 20.8 Å². The molecule has 0 aliphatic rings. The Morgan fingerprint density at radius 3 is 2.25 bits per heavy atom. The molecule has 0 unspecified atom stereocenters. The first-order valence-electron chi connectivity index (χ1n) is 6.29. The summed E-state index contributed by atoms with van der Waals surface area (Å²) in [4.78, 5) is 20.6. The lowest BCUT2D eigenvalue weighted by Crippen LogP contribution is -2.16. The van der Waals surface area contributed by atoms with Crippen LogP contribution in [0.25, 0.3) is 0 Å². The van der Waals surface area contributed by atoms with Gasteiger partial charge in [-0.25, -0.2) is 0 Å². The van der Waals surface area contributed by atoms with Crippen molar-refractivity contribution in [3.63, 3.8) is 0 Å². The molecule has 1 aromatic carbocycles. The number of ether oxygens (including phenoxy) is 1. The summed E-state index contributed by atoms with van der Waals surface area (Å²) < 4.78 is 5.00. The summed E-state index contributed by atoms with van der Waals surface area (Å²) in [5, 5.41) is 2.87. The van der Waals surface area contributed by atoms with E-state index in [0.717, 1.165) is 5.56 Å². The number of rotatable bonds is 3. The normalized spacial score (nSPS) is 10.2. The fourth-order valence-electron chi connectivity index (χ4n) is 1.97. The highest BCUT2D eigenvalue weighted by molar-refractivity contribution is 6.05. The molecule has 5 heteroatoms. The van der Waals surface area contributed by atoms with Crippen LogP contribution in [0.5, 0.6) is 6.01 Å². The molecule has 20 heavy (non-hydrogen) atoms. The van der Waals surface area contributed by atoms with Crippen molar-refractivity contribution in [2.75, 3.05) is 12.4 Å². The smallest absolute Gasteiger partial charge is 0.316 e. The third kappa shape index (κ3) is 2.77. The van der Waals surface area contributed by atoms with Crippen LogP contribution in [0.3, 0.4) is 0 Å². The van der Waals surface area contributed by atoms with E-state index in [0.29, 0.717) is 28.6 Å². The minimum absolute atomic E-state index is 0.164. The van der Waals surface area contributed by atoms with Crippen molar-refractivity contribution in [1.29, 1.82) is 0 Å². The average Bonchev–Trinajstić information content (AvgIpc) is 2.42. The van der Waals surface area contributed by atoms with E-state index < -0.39 is 0 Å². The number of benzene rings is 1. The molecule has 0 spiro atoms. The number of carbonyl (C=O) groups excluding carboxylic acids is 1. The van der Waals surface area contributed by atoms with Crippen LogP contribution in [-0.2, 0) is 0 Å². The standard InChI is InChI=1S/C15H17N3O2/c1-9-7-5-6-8-12(9)14(19)18-13-10(2)16-15(20-4)17-11(13)3/h5-8H,1-4H3,(H,18,19). The Hall–Kier alpha value is -2.43. The van der Waals surface area contributed by atoms with E-state index in [2.05, 4.69) is 15.3 Å². The highest BCUT2D eigenvalue weighted by Gasteiger charge is 2.14. The van der Waals surface area contributed by atoms with Crippen LogP contribution >= 0.6 is 0 Å². The SMILES string of the molecule is COc1nc(C)c(NC(=O)c2ccccc2C)c(C)n1. The van der Waals surface area contributed by atoms with Crippen molar-refractivity contribution < 1.29 is 9.53 Å². The maximum atomic E-state index is 12.3. The van der Waals surface area contributed by atoms with Crippen LogP contribution in [0.4, 0.5) is 5.69 Å². The number of hydrogen-bond acceptors (Lipinski definition) is 4. The Labute approximate surface area is 118 Å². The molecular weight excluding hydrogens is 254 g/mol. The number of amides is 1. The van der Waals surface area contributed by atoms with E-state index in [4.69, 9.17) is 4.74 Å². The van der Waals surface area contributed by atoms with Crippen molar-refractivity contribution in [3.05, 3.63) is 46.8 Å². The number of carbonyl (C=O) groups is 1. The highest BCUT2D eigenvalue weighted by atomic mass is 16.5. The van der Waals surface area contributed by atoms with Gasteiger partial charge in [0.15, 0.2) is 0 Å². The number of aromatic nitrogens is 2. The quantitative estimate of drug-likeness (QED) is 0.932. The Balaban J connectivity index is 2.31. The van der Waals surface area contributed by atoms with E-state index in [1.54, 1.807) is 6.07 Å². The van der Waals surface area contributed by atoms with E-state index in [1.807, 2.05) is 39.0 Å². The molecule has 104 valence electrons. The molecule has 2 rings (SSSR count). The molecule has 5 nitrogen and oxygen atoms in total. The maximum absolute atomic E-state index is 12.3. The second-order valence-corrected chi connectivity index (χ2v) is 4.53. The number of hydrogen-bond donors (Lipinski definition) is 1. The molecule has 1 amide bonds. The van der Waals surface area contributed by atoms with Gasteiger partial charge in [-0.15, -0.1) is 0 Å². The van der Waals surface area contributed by atoms with Crippen molar-refractivity contribution in [2.24, 2.45) is 0 Å². The Bertz CT molecular complexity index is 630. The van der Waals surface area contributed by atoms with Gasteiger partial charge >= 0.3 is 6.01 Å². The first-order chi connectivity index (χ1) is 9.52. The first kappa shape index (κ1) is 14.0. The Kier molecular flexibility index (Phi) is 3.98. The molecule has 0 saturated heterocycles. The molecule has 0 aliphatic heterocycles. The van der Waals surface area contributed by atoms with Crippen molar-refractivity contribution in [2.45, 2.75) is 20.8 Å². The predicted octanol–water partition coefficient (Wildman–Crippen LogP) is 2.66. The molecule has 2 aromatic rings. The van der Waals surface area contributed by atoms with Gasteiger partial charge in [0.05, 0.1) is 24.2 Å². The van der Waals surface area contributed by atoms with Gasteiger partial charge in [0.25, 0.3) is 5.91 Å². The van der Waals surface area contributed by atoms with Gasteiger partial charge in [0, 0.05) is 5.56 Å². The second kappa shape index (κ2) is 5.69. The lowest BCUT2D eigenvalue weighted by atomic mass is 10.1. The summed E-state index contributed by atoms with van der Waals surface area (Å²) in [6, 6.07) is 7.73. The topological polar surface area (TPSA) is 64.1 Å². The van der Waals surface area contributed by atoms with Crippen molar-refractivity contribution in [3.8, 4) is 6.01 Å². The summed E-state index contributed by atoms with van der Waals surface area (Å²) in [6.07, 6.45) is 0. The van der Waals surface area contributed by atoms with Gasteiger partial charge in [-0.1, -0.05) is 18.2 Å². The van der Waals surface area contributed by atoms with Crippen LogP contribution in [0.15, 0.2) is 24.3 Å². The molecule has 0 aliphatic carbocycles. The van der Waals surface area contributed by atoms with Crippen molar-refractivity contribution in [1.82, 2.24) is 9.97 Å². The molecule has 0 saturated carbocycles. The van der Waals surface area contributed by atoms with Gasteiger partial charge in [-0.3, -0.25) is 4.79 Å². The molecule has 0 bridgehead atoms. The van der Waals surface area contributed by atoms with Crippen LogP contribution in [-0.4, -0.2) is 23.0 Å². The maximum Gasteiger partial charge on any atom is 0.316 e. The monoisotopic (exact) mass is 271 g/mol. The van der Waals surface area contributed by atoms with E-state index >= 15 is 0 Å². The summed E-state index contributed by atoms with van der Waals surface area (Å²) >= 11 is 0. The number of nitrogens with zero attached hydrogens (tertiary/aromatic N) is 2. The lowest BCUT2D eigenvalue weighted by Gasteiger charge is -2.12. The number of nitrogens with one attached hydrogen (secondary N) is 1. The van der Waals surface area contributed by atoms with Gasteiger partial charge < -0.3 is 10.1 Å². The average molecular weight is 271 g/mol. The first-order valence-corrected chi connectivity index (χ1v) is 6.29. The highest BCUT2D eigenvalue weighted by Crippen LogP contribution is 2.20. The largest absolute Gasteiger partial charge is 0.467 e. The fourth-order valence-corrected chi connectivity index (χ4v) is 1.97. The third-order valence-electron chi connectivity index (χ3n) is 3.06. The zero-order valence-corrected chi connectivity index (χ0v) is 12.0. The van der Waals surface area contributed by atoms with Gasteiger partial charge in [0.2, 0.25) is 0 Å². The molecule has 1 heterocycles. The van der Waals surface area contributed by atoms with Crippen LogP contribution < -0.4 is 10.1 Å². The van der Waals surface area contributed by atoms with Crippen LogP contribution in [0.1, 0.15) is 27.3 Å². The van der Waals surface area contributed by atoms with E-state index in [9.17, 15) is 4.79 Å². The van der Waals surface area contributed by atoms with E-state index in [1.165, 1.54) is 7.11 Å². The number of anilines is 1. The molecule has 0 radical (unpaired) electrons. The van der Waals surface area contributed by atoms with Gasteiger partial charge in [-0.2, -0.15) is 9.97 Å².